The highest BCUT2D eigenvalue weighted by atomic mass is 16.6. The molecule has 1 saturated heterocycles. The molecule has 0 aromatic heterocycles. The van der Waals surface area contributed by atoms with Crippen LogP contribution in [0.25, 0.3) is 6.08 Å². The number of cyclic esters (lactones) is 1. The van der Waals surface area contributed by atoms with Gasteiger partial charge in [-0.3, -0.25) is 4.79 Å². The van der Waals surface area contributed by atoms with Crippen LogP contribution >= 0.6 is 0 Å². The highest BCUT2D eigenvalue weighted by molar-refractivity contribution is 5.90. The monoisotopic (exact) mass is 274 g/mol. The number of carbonyl (C=O) groups is 2. The number of esters is 2. The third-order valence-electron chi connectivity index (χ3n) is 3.51. The standard InChI is InChI=1S/C16H18O4/c1-4-11-5-7-12(8-6-11)14(17)20-16(2,3)13-9-10-19-15(13)18/h4-8,13H,1,9-10H2,2-3H3. The molecule has 1 aliphatic heterocycles. The third kappa shape index (κ3) is 2.90. The first-order valence-corrected chi connectivity index (χ1v) is 6.56. The molecule has 1 fully saturated rings. The largest absolute Gasteiger partial charge is 0.465 e. The van der Waals surface area contributed by atoms with Crippen molar-refractivity contribution >= 4 is 18.0 Å². The number of hydrogen-bond donors (Lipinski definition) is 0. The van der Waals surface area contributed by atoms with Crippen molar-refractivity contribution in [3.8, 4) is 0 Å². The molecule has 20 heavy (non-hydrogen) atoms. The minimum atomic E-state index is -0.873. The average molecular weight is 274 g/mol. The van der Waals surface area contributed by atoms with Crippen molar-refractivity contribution < 1.29 is 19.1 Å². The maximum atomic E-state index is 12.1. The Morgan fingerprint density at radius 3 is 2.55 bits per heavy atom. The summed E-state index contributed by atoms with van der Waals surface area (Å²) < 4.78 is 10.4. The normalized spacial score (nSPS) is 18.5. The zero-order valence-electron chi connectivity index (χ0n) is 11.7. The predicted molar refractivity (Wildman–Crippen MR) is 75.1 cm³/mol. The van der Waals surface area contributed by atoms with Crippen molar-refractivity contribution in [2.45, 2.75) is 25.9 Å². The SMILES string of the molecule is C=Cc1ccc(C(=O)OC(C)(C)C2CCOC2=O)cc1. The molecule has 1 unspecified atom stereocenters. The number of carbonyl (C=O) groups excluding carboxylic acids is 2. The van der Waals surface area contributed by atoms with Gasteiger partial charge in [0.1, 0.15) is 5.60 Å². The van der Waals surface area contributed by atoms with Crippen LogP contribution in [-0.4, -0.2) is 24.1 Å². The Hall–Kier alpha value is -2.10. The van der Waals surface area contributed by atoms with E-state index in [1.165, 1.54) is 0 Å². The molecular weight excluding hydrogens is 256 g/mol. The van der Waals surface area contributed by atoms with Crippen molar-refractivity contribution in [3.05, 3.63) is 42.0 Å². The van der Waals surface area contributed by atoms with E-state index < -0.39 is 17.5 Å². The number of rotatable bonds is 4. The molecule has 0 spiro atoms. The van der Waals surface area contributed by atoms with Gasteiger partial charge in [-0.25, -0.2) is 4.79 Å². The summed E-state index contributed by atoms with van der Waals surface area (Å²) >= 11 is 0. The van der Waals surface area contributed by atoms with Crippen LogP contribution < -0.4 is 0 Å². The van der Waals surface area contributed by atoms with Crippen LogP contribution in [0.1, 0.15) is 36.2 Å². The minimum absolute atomic E-state index is 0.301. The second kappa shape index (κ2) is 5.49. The van der Waals surface area contributed by atoms with E-state index in [1.807, 2.05) is 0 Å². The van der Waals surface area contributed by atoms with Crippen LogP contribution in [0, 0.1) is 5.92 Å². The van der Waals surface area contributed by atoms with Crippen molar-refractivity contribution in [1.29, 1.82) is 0 Å². The number of benzene rings is 1. The molecule has 0 N–H and O–H groups in total. The van der Waals surface area contributed by atoms with Gasteiger partial charge in [0.05, 0.1) is 18.1 Å². The number of hydrogen-bond acceptors (Lipinski definition) is 4. The molecule has 4 nitrogen and oxygen atoms in total. The van der Waals surface area contributed by atoms with Crippen LogP contribution in [0.15, 0.2) is 30.8 Å². The Bertz CT molecular complexity index is 528. The fourth-order valence-electron chi connectivity index (χ4n) is 2.25. The van der Waals surface area contributed by atoms with Gasteiger partial charge in [-0.05, 0) is 38.0 Å². The summed E-state index contributed by atoms with van der Waals surface area (Å²) in [6.45, 7) is 7.52. The smallest absolute Gasteiger partial charge is 0.338 e. The molecule has 0 saturated carbocycles. The van der Waals surface area contributed by atoms with Gasteiger partial charge in [0, 0.05) is 0 Å². The second-order valence-electron chi connectivity index (χ2n) is 5.33. The molecule has 1 aliphatic rings. The highest BCUT2D eigenvalue weighted by Gasteiger charge is 2.42. The Labute approximate surface area is 118 Å². The van der Waals surface area contributed by atoms with Gasteiger partial charge < -0.3 is 9.47 Å². The first kappa shape index (κ1) is 14.3. The fraction of sp³-hybridized carbons (Fsp3) is 0.375. The highest BCUT2D eigenvalue weighted by Crippen LogP contribution is 2.30. The van der Waals surface area contributed by atoms with E-state index in [1.54, 1.807) is 44.2 Å². The lowest BCUT2D eigenvalue weighted by atomic mass is 9.89. The average Bonchev–Trinajstić information content (AvgIpc) is 2.85. The Morgan fingerprint density at radius 2 is 2.05 bits per heavy atom. The summed E-state index contributed by atoms with van der Waals surface area (Å²) in [5.74, 6) is -1.14. The van der Waals surface area contributed by atoms with Crippen LogP contribution in [0.5, 0.6) is 0 Å². The zero-order valence-corrected chi connectivity index (χ0v) is 11.7. The quantitative estimate of drug-likeness (QED) is 0.792. The summed E-state index contributed by atoms with van der Waals surface area (Å²) in [5.41, 5.74) is 0.511. The molecule has 4 heteroatoms. The van der Waals surface area contributed by atoms with Crippen molar-refractivity contribution in [2.75, 3.05) is 6.61 Å². The molecule has 106 valence electrons. The lowest BCUT2D eigenvalue weighted by molar-refractivity contribution is -0.147. The van der Waals surface area contributed by atoms with Crippen LogP contribution in [-0.2, 0) is 14.3 Å². The number of ether oxygens (including phenoxy) is 2. The summed E-state index contributed by atoms with van der Waals surface area (Å²) in [5, 5.41) is 0. The second-order valence-corrected chi connectivity index (χ2v) is 5.33. The van der Waals surface area contributed by atoms with E-state index in [4.69, 9.17) is 9.47 Å². The summed E-state index contributed by atoms with van der Waals surface area (Å²) in [7, 11) is 0. The lowest BCUT2D eigenvalue weighted by Gasteiger charge is -2.28. The van der Waals surface area contributed by atoms with Gasteiger partial charge in [0.15, 0.2) is 0 Å². The van der Waals surface area contributed by atoms with Gasteiger partial charge in [-0.2, -0.15) is 0 Å². The van der Waals surface area contributed by atoms with E-state index in [0.717, 1.165) is 5.56 Å². The van der Waals surface area contributed by atoms with E-state index in [2.05, 4.69) is 6.58 Å². The van der Waals surface area contributed by atoms with Gasteiger partial charge in [0.2, 0.25) is 0 Å². The molecule has 1 atom stereocenters. The topological polar surface area (TPSA) is 52.6 Å². The Balaban J connectivity index is 2.09. The molecule has 0 amide bonds. The molecule has 0 bridgehead atoms. The maximum Gasteiger partial charge on any atom is 0.338 e. The maximum absolute atomic E-state index is 12.1. The van der Waals surface area contributed by atoms with Gasteiger partial charge in [-0.15, -0.1) is 0 Å². The van der Waals surface area contributed by atoms with Crippen molar-refractivity contribution in [2.24, 2.45) is 5.92 Å². The molecule has 1 aromatic carbocycles. The van der Waals surface area contributed by atoms with Crippen molar-refractivity contribution in [1.82, 2.24) is 0 Å². The molecule has 0 radical (unpaired) electrons. The van der Waals surface area contributed by atoms with Gasteiger partial charge >= 0.3 is 11.9 Å². The first-order chi connectivity index (χ1) is 9.44. The van der Waals surface area contributed by atoms with Crippen LogP contribution in [0.3, 0.4) is 0 Å². The van der Waals surface area contributed by atoms with E-state index in [0.29, 0.717) is 18.6 Å². The fourth-order valence-corrected chi connectivity index (χ4v) is 2.25. The van der Waals surface area contributed by atoms with Crippen LogP contribution in [0.4, 0.5) is 0 Å². The third-order valence-corrected chi connectivity index (χ3v) is 3.51. The molecule has 1 aromatic rings. The van der Waals surface area contributed by atoms with E-state index in [-0.39, 0.29) is 5.97 Å². The Morgan fingerprint density at radius 1 is 1.40 bits per heavy atom. The molecule has 0 aliphatic carbocycles. The minimum Gasteiger partial charge on any atom is -0.465 e. The first-order valence-electron chi connectivity index (χ1n) is 6.56. The van der Waals surface area contributed by atoms with Crippen LogP contribution in [0.2, 0.25) is 0 Å². The summed E-state index contributed by atoms with van der Waals surface area (Å²) in [6, 6.07) is 6.95. The van der Waals surface area contributed by atoms with Crippen molar-refractivity contribution in [3.63, 3.8) is 0 Å². The van der Waals surface area contributed by atoms with Gasteiger partial charge in [-0.1, -0.05) is 24.8 Å². The molecular formula is C16H18O4. The summed E-state index contributed by atoms with van der Waals surface area (Å²) in [4.78, 5) is 23.7. The Kier molecular flexibility index (Phi) is 3.93. The molecule has 2 rings (SSSR count). The van der Waals surface area contributed by atoms with Gasteiger partial charge in [0.25, 0.3) is 0 Å². The summed E-state index contributed by atoms with van der Waals surface area (Å²) in [6.07, 6.45) is 2.28. The lowest BCUT2D eigenvalue weighted by Crippen LogP contribution is -2.39. The zero-order chi connectivity index (χ0) is 14.8. The predicted octanol–water partition coefficient (Wildman–Crippen LogP) is 2.83. The van der Waals surface area contributed by atoms with E-state index >= 15 is 0 Å². The van der Waals surface area contributed by atoms with E-state index in [9.17, 15) is 9.59 Å². The molecule has 1 heterocycles.